The van der Waals surface area contributed by atoms with E-state index in [1.165, 1.54) is 5.56 Å². The highest BCUT2D eigenvalue weighted by atomic mass is 16.6. The van der Waals surface area contributed by atoms with Crippen molar-refractivity contribution in [3.8, 4) is 6.08 Å². The standard InChI is InChI=1S/C32H36N4O4/c1-6-15-38-30-33-29(34-40-30)32(19-21(32)2)36-26-13-12-22(23-14-16-39-31(3,4)20-23)17-24(26)18-27(36)28(37)35(5)25-10-8-7-9-11-25/h6-13,17-18,21,23H,1,14-16,19-20H2,2-5H3/t21-,23-,32-/m0/s1. The van der Waals surface area contributed by atoms with Gasteiger partial charge < -0.3 is 18.9 Å². The first-order valence-corrected chi connectivity index (χ1v) is 13.9. The summed E-state index contributed by atoms with van der Waals surface area (Å²) in [5, 5.41) is 5.35. The molecule has 1 aliphatic heterocycles. The van der Waals surface area contributed by atoms with Crippen molar-refractivity contribution in [3.05, 3.63) is 84.3 Å². The Morgan fingerprint density at radius 1 is 1.20 bits per heavy atom. The zero-order valence-corrected chi connectivity index (χ0v) is 23.6. The van der Waals surface area contributed by atoms with Crippen molar-refractivity contribution >= 4 is 22.5 Å². The Balaban J connectivity index is 1.48. The molecular formula is C32H36N4O4. The van der Waals surface area contributed by atoms with E-state index in [1.54, 1.807) is 11.0 Å². The Bertz CT molecular complexity index is 1560. The van der Waals surface area contributed by atoms with Gasteiger partial charge in [-0.05, 0) is 80.8 Å². The summed E-state index contributed by atoms with van der Waals surface area (Å²) < 4.78 is 19.1. The molecule has 208 valence electrons. The third-order valence-corrected chi connectivity index (χ3v) is 8.45. The number of aromatic nitrogens is 3. The number of rotatable bonds is 8. The zero-order valence-electron chi connectivity index (χ0n) is 23.6. The van der Waals surface area contributed by atoms with Gasteiger partial charge in [0.15, 0.2) is 0 Å². The minimum atomic E-state index is -0.619. The smallest absolute Gasteiger partial charge is 0.417 e. The number of hydrogen-bond acceptors (Lipinski definition) is 6. The highest BCUT2D eigenvalue weighted by Crippen LogP contribution is 2.56. The summed E-state index contributed by atoms with van der Waals surface area (Å²) in [6.45, 7) is 11.2. The first-order valence-electron chi connectivity index (χ1n) is 13.9. The molecule has 0 unspecified atom stereocenters. The molecule has 1 saturated carbocycles. The van der Waals surface area contributed by atoms with Gasteiger partial charge in [0.2, 0.25) is 5.82 Å². The van der Waals surface area contributed by atoms with Crippen molar-refractivity contribution in [2.75, 3.05) is 25.2 Å². The van der Waals surface area contributed by atoms with Gasteiger partial charge in [0.25, 0.3) is 5.91 Å². The Morgan fingerprint density at radius 2 is 1.98 bits per heavy atom. The van der Waals surface area contributed by atoms with Crippen LogP contribution >= 0.6 is 0 Å². The summed E-state index contributed by atoms with van der Waals surface area (Å²) in [5.41, 5.74) is 2.89. The average Bonchev–Trinajstić information content (AvgIpc) is 3.28. The second-order valence-corrected chi connectivity index (χ2v) is 11.7. The van der Waals surface area contributed by atoms with Crippen LogP contribution in [0.3, 0.4) is 0 Å². The van der Waals surface area contributed by atoms with Gasteiger partial charge in [-0.1, -0.05) is 49.0 Å². The van der Waals surface area contributed by atoms with Crippen LogP contribution in [0.5, 0.6) is 6.08 Å². The van der Waals surface area contributed by atoms with E-state index in [4.69, 9.17) is 14.0 Å². The molecule has 0 radical (unpaired) electrons. The van der Waals surface area contributed by atoms with Crippen molar-refractivity contribution < 1.29 is 18.8 Å². The van der Waals surface area contributed by atoms with Crippen LogP contribution in [0.2, 0.25) is 0 Å². The highest BCUT2D eigenvalue weighted by Gasteiger charge is 2.59. The lowest BCUT2D eigenvalue weighted by Gasteiger charge is -2.35. The lowest BCUT2D eigenvalue weighted by molar-refractivity contribution is -0.0592. The molecule has 6 rings (SSSR count). The molecule has 8 nitrogen and oxygen atoms in total. The molecule has 8 heteroatoms. The van der Waals surface area contributed by atoms with E-state index in [-0.39, 0.29) is 30.1 Å². The lowest BCUT2D eigenvalue weighted by atomic mass is 9.83. The number of anilines is 1. The number of benzene rings is 2. The van der Waals surface area contributed by atoms with Gasteiger partial charge in [-0.15, -0.1) is 0 Å². The molecule has 4 aromatic rings. The van der Waals surface area contributed by atoms with E-state index in [2.05, 4.69) is 60.3 Å². The maximum Gasteiger partial charge on any atom is 0.417 e. The molecule has 1 saturated heterocycles. The molecule has 0 bridgehead atoms. The third-order valence-electron chi connectivity index (χ3n) is 8.45. The van der Waals surface area contributed by atoms with Gasteiger partial charge in [-0.3, -0.25) is 9.32 Å². The summed E-state index contributed by atoms with van der Waals surface area (Å²) in [5.74, 6) is 1.01. The predicted octanol–water partition coefficient (Wildman–Crippen LogP) is 6.32. The molecule has 2 fully saturated rings. The number of ether oxygens (including phenoxy) is 2. The van der Waals surface area contributed by atoms with Crippen LogP contribution in [0.4, 0.5) is 5.69 Å². The minimum Gasteiger partial charge on any atom is -0.445 e. The van der Waals surface area contributed by atoms with Crippen molar-refractivity contribution in [2.24, 2.45) is 5.92 Å². The summed E-state index contributed by atoms with van der Waals surface area (Å²) in [7, 11) is 1.81. The Kier molecular flexibility index (Phi) is 6.53. The van der Waals surface area contributed by atoms with Crippen LogP contribution in [0.1, 0.15) is 67.8 Å². The first kappa shape index (κ1) is 26.3. The summed E-state index contributed by atoms with van der Waals surface area (Å²) in [6.07, 6.45) is 4.45. The molecule has 0 spiro atoms. The highest BCUT2D eigenvalue weighted by molar-refractivity contribution is 6.08. The van der Waals surface area contributed by atoms with Crippen LogP contribution in [0.15, 0.2) is 71.8 Å². The van der Waals surface area contributed by atoms with Gasteiger partial charge in [0.05, 0.1) is 5.60 Å². The van der Waals surface area contributed by atoms with Crippen LogP contribution in [0, 0.1) is 5.92 Å². The second kappa shape index (κ2) is 9.93. The molecule has 3 heterocycles. The number of fused-ring (bicyclic) bond motifs is 1. The number of carbonyl (C=O) groups is 1. The van der Waals surface area contributed by atoms with E-state index in [0.717, 1.165) is 42.5 Å². The van der Waals surface area contributed by atoms with Gasteiger partial charge in [0, 0.05) is 30.2 Å². The van der Waals surface area contributed by atoms with Gasteiger partial charge in [-0.2, -0.15) is 4.98 Å². The largest absolute Gasteiger partial charge is 0.445 e. The Hall–Kier alpha value is -3.91. The van der Waals surface area contributed by atoms with Crippen LogP contribution in [-0.4, -0.2) is 46.5 Å². The van der Waals surface area contributed by atoms with E-state index in [0.29, 0.717) is 17.4 Å². The Labute approximate surface area is 234 Å². The topological polar surface area (TPSA) is 82.6 Å². The van der Waals surface area contributed by atoms with Crippen molar-refractivity contribution in [3.63, 3.8) is 0 Å². The fourth-order valence-corrected chi connectivity index (χ4v) is 6.24. The van der Waals surface area contributed by atoms with E-state index < -0.39 is 5.54 Å². The second-order valence-electron chi connectivity index (χ2n) is 11.7. The van der Waals surface area contributed by atoms with Crippen LogP contribution in [0.25, 0.3) is 10.9 Å². The summed E-state index contributed by atoms with van der Waals surface area (Å²) in [4.78, 5) is 20.4. The quantitative estimate of drug-likeness (QED) is 0.243. The Morgan fingerprint density at radius 3 is 2.67 bits per heavy atom. The number of hydrogen-bond donors (Lipinski definition) is 0. The molecule has 2 aromatic carbocycles. The molecule has 1 aliphatic carbocycles. The lowest BCUT2D eigenvalue weighted by Crippen LogP contribution is -2.33. The maximum atomic E-state index is 14.2. The van der Waals surface area contributed by atoms with Crippen molar-refractivity contribution in [1.82, 2.24) is 14.7 Å². The fourth-order valence-electron chi connectivity index (χ4n) is 6.24. The average molecular weight is 541 g/mol. The van der Waals surface area contributed by atoms with E-state index in [9.17, 15) is 4.79 Å². The minimum absolute atomic E-state index is 0.0961. The van der Waals surface area contributed by atoms with Gasteiger partial charge >= 0.3 is 6.08 Å². The zero-order chi connectivity index (χ0) is 28.1. The van der Waals surface area contributed by atoms with Gasteiger partial charge in [0.1, 0.15) is 17.8 Å². The van der Waals surface area contributed by atoms with Gasteiger partial charge in [-0.25, -0.2) is 0 Å². The third kappa shape index (κ3) is 4.50. The first-order chi connectivity index (χ1) is 19.2. The molecule has 2 aromatic heterocycles. The number of carbonyl (C=O) groups excluding carboxylic acids is 1. The monoisotopic (exact) mass is 540 g/mol. The van der Waals surface area contributed by atoms with E-state index in [1.807, 2.05) is 43.4 Å². The molecule has 40 heavy (non-hydrogen) atoms. The van der Waals surface area contributed by atoms with Crippen molar-refractivity contribution in [1.29, 1.82) is 0 Å². The number of para-hydroxylation sites is 1. The maximum absolute atomic E-state index is 14.2. The van der Waals surface area contributed by atoms with Crippen molar-refractivity contribution in [2.45, 2.75) is 57.1 Å². The molecule has 1 amide bonds. The fraction of sp³-hybridized carbons (Fsp3) is 0.406. The normalized spacial score (nSPS) is 23.6. The van der Waals surface area contributed by atoms with Crippen LogP contribution < -0.4 is 9.64 Å². The predicted molar refractivity (Wildman–Crippen MR) is 154 cm³/mol. The summed E-state index contributed by atoms with van der Waals surface area (Å²) in [6, 6.07) is 18.3. The molecular weight excluding hydrogens is 504 g/mol. The number of amides is 1. The summed E-state index contributed by atoms with van der Waals surface area (Å²) >= 11 is 0. The molecule has 3 atom stereocenters. The van der Waals surface area contributed by atoms with E-state index >= 15 is 0 Å². The molecule has 0 N–H and O–H groups in total. The SMILES string of the molecule is C=CCOc1nc([C@]2(n3c(C(=O)N(C)c4ccccc4)cc4cc([C@H]5CCOC(C)(C)C5)ccc43)C[C@@H]2C)no1. The van der Waals surface area contributed by atoms with Crippen LogP contribution in [-0.2, 0) is 10.3 Å². The number of nitrogens with zero attached hydrogens (tertiary/aromatic N) is 4. The molecule has 2 aliphatic rings.